The Balaban J connectivity index is 0.00000341. The molecule has 0 bridgehead atoms. The topological polar surface area (TPSA) is 73.8 Å². The highest BCUT2D eigenvalue weighted by atomic mass is 127. The molecule has 1 aliphatic heterocycles. The van der Waals surface area contributed by atoms with E-state index < -0.39 is 10.0 Å². The Hall–Kier alpha value is -1.65. The van der Waals surface area contributed by atoms with Crippen molar-refractivity contribution >= 4 is 40.0 Å². The first-order valence-electron chi connectivity index (χ1n) is 10.5. The van der Waals surface area contributed by atoms with Gasteiger partial charge in [0.2, 0.25) is 10.0 Å². The van der Waals surface area contributed by atoms with Crippen LogP contribution < -0.4 is 10.6 Å². The van der Waals surface area contributed by atoms with Crippen LogP contribution in [0.1, 0.15) is 35.1 Å². The molecule has 0 unspecified atom stereocenters. The first-order valence-corrected chi connectivity index (χ1v) is 11.9. The Morgan fingerprint density at radius 3 is 2.16 bits per heavy atom. The molecule has 0 amide bonds. The van der Waals surface area contributed by atoms with Crippen LogP contribution in [0.3, 0.4) is 0 Å². The predicted octanol–water partition coefficient (Wildman–Crippen LogP) is 3.61. The third kappa shape index (κ3) is 7.18. The molecule has 8 heteroatoms. The minimum atomic E-state index is -3.36. The van der Waals surface area contributed by atoms with Gasteiger partial charge in [0.15, 0.2) is 5.96 Å². The number of aryl methyl sites for hydroxylation is 2. The molecule has 31 heavy (non-hydrogen) atoms. The van der Waals surface area contributed by atoms with Crippen LogP contribution in [0, 0.1) is 13.8 Å². The normalized spacial score (nSPS) is 14.9. The van der Waals surface area contributed by atoms with Gasteiger partial charge in [-0.25, -0.2) is 8.42 Å². The highest BCUT2D eigenvalue weighted by Crippen LogP contribution is 2.21. The van der Waals surface area contributed by atoms with E-state index in [2.05, 4.69) is 47.7 Å². The summed E-state index contributed by atoms with van der Waals surface area (Å²) in [4.78, 5) is 4.64. The number of hydrogen-bond acceptors (Lipinski definition) is 3. The maximum absolute atomic E-state index is 12.6. The second-order valence-corrected chi connectivity index (χ2v) is 9.79. The van der Waals surface area contributed by atoms with Crippen molar-refractivity contribution < 1.29 is 8.42 Å². The molecule has 2 N–H and O–H groups in total. The van der Waals surface area contributed by atoms with E-state index in [1.807, 2.05) is 12.1 Å². The summed E-state index contributed by atoms with van der Waals surface area (Å²) in [6.07, 6.45) is 2.81. The summed E-state index contributed by atoms with van der Waals surface area (Å²) >= 11 is 0. The third-order valence-electron chi connectivity index (χ3n) is 5.30. The van der Waals surface area contributed by atoms with E-state index in [9.17, 15) is 8.42 Å². The van der Waals surface area contributed by atoms with Crippen LogP contribution in [0.5, 0.6) is 0 Å². The predicted molar refractivity (Wildman–Crippen MR) is 138 cm³/mol. The molecule has 1 heterocycles. The second-order valence-electron chi connectivity index (χ2n) is 7.85. The van der Waals surface area contributed by atoms with E-state index in [0.29, 0.717) is 24.5 Å². The lowest BCUT2D eigenvalue weighted by Crippen LogP contribution is -2.37. The van der Waals surface area contributed by atoms with E-state index in [0.717, 1.165) is 37.3 Å². The quantitative estimate of drug-likeness (QED) is 0.311. The van der Waals surface area contributed by atoms with Gasteiger partial charge in [-0.1, -0.05) is 41.5 Å². The lowest BCUT2D eigenvalue weighted by atomic mass is 10.1. The van der Waals surface area contributed by atoms with Gasteiger partial charge in [0.05, 0.1) is 4.90 Å². The van der Waals surface area contributed by atoms with Crippen molar-refractivity contribution in [3.05, 3.63) is 64.7 Å². The number of benzene rings is 2. The zero-order chi connectivity index (χ0) is 21.6. The summed E-state index contributed by atoms with van der Waals surface area (Å²) < 4.78 is 26.8. The molecular formula is C23H33IN4O2S. The van der Waals surface area contributed by atoms with E-state index in [-0.39, 0.29) is 24.0 Å². The van der Waals surface area contributed by atoms with Gasteiger partial charge in [0.1, 0.15) is 0 Å². The summed E-state index contributed by atoms with van der Waals surface area (Å²) in [7, 11) is -1.61. The van der Waals surface area contributed by atoms with Crippen molar-refractivity contribution in [2.24, 2.45) is 4.99 Å². The smallest absolute Gasteiger partial charge is 0.243 e. The Morgan fingerprint density at radius 2 is 1.58 bits per heavy atom. The van der Waals surface area contributed by atoms with Crippen LogP contribution in [0.2, 0.25) is 0 Å². The summed E-state index contributed by atoms with van der Waals surface area (Å²) in [6.45, 7) is 6.84. The van der Waals surface area contributed by atoms with E-state index in [1.54, 1.807) is 23.5 Å². The molecule has 170 valence electrons. The standard InChI is InChI=1S/C23H32N4O2S.HI/c1-18-14-19(2)16-21(15-18)10-11-25-23(24-3)26-17-20-6-8-22(9-7-20)30(28,29)27-12-4-5-13-27;/h6-9,14-16H,4-5,10-13,17H2,1-3H3,(H2,24,25,26);1H. The lowest BCUT2D eigenvalue weighted by Gasteiger charge is -2.16. The van der Waals surface area contributed by atoms with Crippen molar-refractivity contribution in [1.82, 2.24) is 14.9 Å². The van der Waals surface area contributed by atoms with Gasteiger partial charge < -0.3 is 10.6 Å². The Bertz CT molecular complexity index is 965. The molecular weight excluding hydrogens is 523 g/mol. The van der Waals surface area contributed by atoms with Gasteiger partial charge in [-0.3, -0.25) is 4.99 Å². The maximum atomic E-state index is 12.6. The molecule has 1 fully saturated rings. The SMILES string of the molecule is CN=C(NCCc1cc(C)cc(C)c1)NCc1ccc(S(=O)(=O)N2CCCC2)cc1.I. The summed E-state index contributed by atoms with van der Waals surface area (Å²) in [6, 6.07) is 13.7. The van der Waals surface area contributed by atoms with Crippen LogP contribution in [0.4, 0.5) is 0 Å². The zero-order valence-corrected chi connectivity index (χ0v) is 21.7. The van der Waals surface area contributed by atoms with E-state index in [4.69, 9.17) is 0 Å². The van der Waals surface area contributed by atoms with Crippen molar-refractivity contribution in [1.29, 1.82) is 0 Å². The van der Waals surface area contributed by atoms with Gasteiger partial charge in [0.25, 0.3) is 0 Å². The van der Waals surface area contributed by atoms with Crippen LogP contribution in [-0.4, -0.2) is 45.4 Å². The molecule has 1 saturated heterocycles. The van der Waals surface area contributed by atoms with Crippen LogP contribution >= 0.6 is 24.0 Å². The van der Waals surface area contributed by atoms with E-state index >= 15 is 0 Å². The molecule has 0 aliphatic carbocycles. The summed E-state index contributed by atoms with van der Waals surface area (Å²) in [5, 5.41) is 6.62. The molecule has 0 atom stereocenters. The number of halogens is 1. The lowest BCUT2D eigenvalue weighted by molar-refractivity contribution is 0.477. The summed E-state index contributed by atoms with van der Waals surface area (Å²) in [5.41, 5.74) is 4.88. The van der Waals surface area contributed by atoms with Gasteiger partial charge in [-0.05, 0) is 56.4 Å². The molecule has 0 spiro atoms. The van der Waals surface area contributed by atoms with Gasteiger partial charge in [-0.2, -0.15) is 4.31 Å². The van der Waals surface area contributed by atoms with Gasteiger partial charge in [-0.15, -0.1) is 24.0 Å². The molecule has 2 aromatic carbocycles. The Kier molecular flexibility index (Phi) is 9.77. The number of aliphatic imine (C=N–C) groups is 1. The van der Waals surface area contributed by atoms with Gasteiger partial charge >= 0.3 is 0 Å². The Labute approximate surface area is 203 Å². The van der Waals surface area contributed by atoms with Crippen LogP contribution in [-0.2, 0) is 23.0 Å². The minimum absolute atomic E-state index is 0. The fourth-order valence-electron chi connectivity index (χ4n) is 3.80. The molecule has 2 aromatic rings. The fourth-order valence-corrected chi connectivity index (χ4v) is 5.32. The van der Waals surface area contributed by atoms with Crippen LogP contribution in [0.25, 0.3) is 0 Å². The van der Waals surface area contributed by atoms with Crippen LogP contribution in [0.15, 0.2) is 52.4 Å². The molecule has 3 rings (SSSR count). The monoisotopic (exact) mass is 556 g/mol. The van der Waals surface area contributed by atoms with Crippen molar-refractivity contribution in [2.45, 2.75) is 44.6 Å². The molecule has 0 aromatic heterocycles. The zero-order valence-electron chi connectivity index (χ0n) is 18.5. The van der Waals surface area contributed by atoms with Crippen molar-refractivity contribution in [3.8, 4) is 0 Å². The third-order valence-corrected chi connectivity index (χ3v) is 7.21. The molecule has 0 saturated carbocycles. The average Bonchev–Trinajstić information content (AvgIpc) is 3.26. The number of guanidine groups is 1. The highest BCUT2D eigenvalue weighted by molar-refractivity contribution is 14.0. The minimum Gasteiger partial charge on any atom is -0.356 e. The fraction of sp³-hybridized carbons (Fsp3) is 0.435. The van der Waals surface area contributed by atoms with Crippen molar-refractivity contribution in [2.75, 3.05) is 26.7 Å². The number of nitrogens with zero attached hydrogens (tertiary/aromatic N) is 2. The molecule has 1 aliphatic rings. The number of hydrogen-bond donors (Lipinski definition) is 2. The van der Waals surface area contributed by atoms with E-state index in [1.165, 1.54) is 16.7 Å². The average molecular weight is 557 g/mol. The number of rotatable bonds is 7. The first kappa shape index (κ1) is 25.6. The number of sulfonamides is 1. The molecule has 0 radical (unpaired) electrons. The maximum Gasteiger partial charge on any atom is 0.243 e. The van der Waals surface area contributed by atoms with Crippen molar-refractivity contribution in [3.63, 3.8) is 0 Å². The molecule has 6 nitrogen and oxygen atoms in total. The summed E-state index contributed by atoms with van der Waals surface area (Å²) in [5.74, 6) is 0.730. The Morgan fingerprint density at radius 1 is 0.968 bits per heavy atom. The number of nitrogens with one attached hydrogen (secondary N) is 2. The first-order chi connectivity index (χ1) is 14.4. The van der Waals surface area contributed by atoms with Gasteiger partial charge in [0, 0.05) is 33.2 Å². The second kappa shape index (κ2) is 11.8. The largest absolute Gasteiger partial charge is 0.356 e. The highest BCUT2D eigenvalue weighted by Gasteiger charge is 2.26.